The van der Waals surface area contributed by atoms with Crippen molar-refractivity contribution in [3.8, 4) is 22.6 Å². The van der Waals surface area contributed by atoms with Crippen LogP contribution in [0, 0.1) is 0 Å². The third-order valence-corrected chi connectivity index (χ3v) is 5.51. The molecule has 0 fully saturated rings. The average molecular weight is 470 g/mol. The molecule has 0 aliphatic rings. The smallest absolute Gasteiger partial charge is 0.311 e. The molecule has 0 spiro atoms. The Balaban J connectivity index is 1.66. The van der Waals surface area contributed by atoms with Gasteiger partial charge in [0.05, 0.1) is 6.42 Å². The molecule has 0 atom stereocenters. The highest BCUT2D eigenvalue weighted by molar-refractivity contribution is 5.84. The van der Waals surface area contributed by atoms with Gasteiger partial charge in [-0.1, -0.05) is 54.6 Å². The number of phenolic OH excluding ortho intramolecular Hbond substituents is 1. The number of rotatable bonds is 12. The SMILES string of the molecule is C=CCc1ccc(O)c(-c2cc(CC=C)ccc2OC(=O)CCC(=O)NCCc2ccccc2)c1. The van der Waals surface area contributed by atoms with Crippen molar-refractivity contribution in [2.75, 3.05) is 6.54 Å². The lowest BCUT2D eigenvalue weighted by Gasteiger charge is -2.14. The summed E-state index contributed by atoms with van der Waals surface area (Å²) in [5.74, 6) is -0.293. The summed E-state index contributed by atoms with van der Waals surface area (Å²) < 4.78 is 5.64. The van der Waals surface area contributed by atoms with Gasteiger partial charge in [-0.2, -0.15) is 0 Å². The van der Waals surface area contributed by atoms with Gasteiger partial charge in [-0.05, 0) is 60.2 Å². The van der Waals surface area contributed by atoms with Crippen molar-refractivity contribution in [1.29, 1.82) is 0 Å². The fourth-order valence-corrected chi connectivity index (χ4v) is 3.73. The first-order chi connectivity index (χ1) is 17.0. The average Bonchev–Trinajstić information content (AvgIpc) is 2.86. The van der Waals surface area contributed by atoms with E-state index in [1.165, 1.54) is 0 Å². The monoisotopic (exact) mass is 469 g/mol. The molecule has 3 rings (SSSR count). The maximum Gasteiger partial charge on any atom is 0.311 e. The molecule has 0 bridgehead atoms. The third-order valence-electron chi connectivity index (χ3n) is 5.51. The molecule has 0 radical (unpaired) electrons. The Labute approximate surface area is 206 Å². The van der Waals surface area contributed by atoms with Crippen LogP contribution >= 0.6 is 0 Å². The van der Waals surface area contributed by atoms with Crippen LogP contribution in [-0.4, -0.2) is 23.5 Å². The number of aromatic hydroxyl groups is 1. The highest BCUT2D eigenvalue weighted by Crippen LogP contribution is 2.37. The number of nitrogens with one attached hydrogen (secondary N) is 1. The molecule has 0 aromatic heterocycles. The number of benzene rings is 3. The van der Waals surface area contributed by atoms with E-state index in [1.807, 2.05) is 54.6 Å². The number of amides is 1. The minimum absolute atomic E-state index is 0.0393. The predicted molar refractivity (Wildman–Crippen MR) is 139 cm³/mol. The van der Waals surface area contributed by atoms with Crippen LogP contribution in [0.25, 0.3) is 11.1 Å². The minimum atomic E-state index is -0.511. The third kappa shape index (κ3) is 7.71. The van der Waals surface area contributed by atoms with Gasteiger partial charge in [0.2, 0.25) is 5.91 Å². The molecular weight excluding hydrogens is 438 g/mol. The van der Waals surface area contributed by atoms with Crippen molar-refractivity contribution < 1.29 is 19.4 Å². The van der Waals surface area contributed by atoms with Gasteiger partial charge in [0.15, 0.2) is 0 Å². The van der Waals surface area contributed by atoms with E-state index < -0.39 is 5.97 Å². The predicted octanol–water partition coefficient (Wildman–Crippen LogP) is 5.56. The van der Waals surface area contributed by atoms with Gasteiger partial charge in [0.25, 0.3) is 0 Å². The van der Waals surface area contributed by atoms with E-state index in [-0.39, 0.29) is 24.5 Å². The van der Waals surface area contributed by atoms with Gasteiger partial charge in [-0.25, -0.2) is 0 Å². The van der Waals surface area contributed by atoms with E-state index in [4.69, 9.17) is 4.74 Å². The lowest BCUT2D eigenvalue weighted by Crippen LogP contribution is -2.26. The fraction of sp³-hybridized carbons (Fsp3) is 0.200. The zero-order chi connectivity index (χ0) is 25.0. The summed E-state index contributed by atoms with van der Waals surface area (Å²) in [6.45, 7) is 8.06. The van der Waals surface area contributed by atoms with Crippen LogP contribution in [0.15, 0.2) is 92.0 Å². The second-order valence-electron chi connectivity index (χ2n) is 8.23. The van der Waals surface area contributed by atoms with Crippen LogP contribution in [0.1, 0.15) is 29.5 Å². The summed E-state index contributed by atoms with van der Waals surface area (Å²) >= 11 is 0. The second kappa shape index (κ2) is 12.9. The zero-order valence-corrected chi connectivity index (χ0v) is 19.8. The lowest BCUT2D eigenvalue weighted by molar-refractivity contribution is -0.136. The number of ether oxygens (including phenoxy) is 1. The molecule has 5 nitrogen and oxygen atoms in total. The fourth-order valence-electron chi connectivity index (χ4n) is 3.73. The Morgan fingerprint density at radius 1 is 0.829 bits per heavy atom. The van der Waals surface area contributed by atoms with Crippen LogP contribution < -0.4 is 10.1 Å². The first-order valence-electron chi connectivity index (χ1n) is 11.7. The number of carbonyl (C=O) groups excluding carboxylic acids is 2. The van der Waals surface area contributed by atoms with Crippen LogP contribution in [0.3, 0.4) is 0 Å². The molecule has 5 heteroatoms. The van der Waals surface area contributed by atoms with E-state index >= 15 is 0 Å². The molecular formula is C30H31NO4. The Bertz CT molecular complexity index is 1180. The van der Waals surface area contributed by atoms with Gasteiger partial charge in [-0.3, -0.25) is 9.59 Å². The molecule has 0 saturated heterocycles. The highest BCUT2D eigenvalue weighted by Gasteiger charge is 2.16. The first-order valence-corrected chi connectivity index (χ1v) is 11.7. The maximum absolute atomic E-state index is 12.6. The highest BCUT2D eigenvalue weighted by atomic mass is 16.5. The van der Waals surface area contributed by atoms with Crippen molar-refractivity contribution in [3.05, 3.63) is 109 Å². The molecule has 35 heavy (non-hydrogen) atoms. The number of phenols is 1. The lowest BCUT2D eigenvalue weighted by atomic mass is 9.97. The summed E-state index contributed by atoms with van der Waals surface area (Å²) in [6, 6.07) is 20.6. The summed E-state index contributed by atoms with van der Waals surface area (Å²) in [5, 5.41) is 13.4. The number of hydrogen-bond acceptors (Lipinski definition) is 4. The molecule has 0 saturated carbocycles. The Morgan fingerprint density at radius 3 is 2.17 bits per heavy atom. The standard InChI is InChI=1S/C30H31NO4/c1-3-8-23-12-14-27(32)25(20-23)26-21-24(9-4-2)13-15-28(26)35-30(34)17-16-29(33)31-19-18-22-10-6-5-7-11-22/h3-7,10-15,20-21,32H,1-2,8-9,16-19H2,(H,31,33). The van der Waals surface area contributed by atoms with Gasteiger partial charge in [0.1, 0.15) is 11.5 Å². The van der Waals surface area contributed by atoms with Gasteiger partial charge >= 0.3 is 5.97 Å². The molecule has 0 aliphatic heterocycles. The van der Waals surface area contributed by atoms with Crippen LogP contribution in [0.5, 0.6) is 11.5 Å². The summed E-state index contributed by atoms with van der Waals surface area (Å²) in [7, 11) is 0. The molecule has 0 aliphatic carbocycles. The van der Waals surface area contributed by atoms with Gasteiger partial charge < -0.3 is 15.2 Å². The molecule has 1 amide bonds. The molecule has 0 unspecified atom stereocenters. The minimum Gasteiger partial charge on any atom is -0.507 e. The number of allylic oxidation sites excluding steroid dienone is 2. The quantitative estimate of drug-likeness (QED) is 0.207. The Hall–Kier alpha value is -4.12. The normalized spacial score (nSPS) is 10.4. The molecule has 3 aromatic carbocycles. The Morgan fingerprint density at radius 2 is 1.49 bits per heavy atom. The zero-order valence-electron chi connectivity index (χ0n) is 19.8. The largest absolute Gasteiger partial charge is 0.507 e. The topological polar surface area (TPSA) is 75.6 Å². The van der Waals surface area contributed by atoms with Crippen LogP contribution in [0.2, 0.25) is 0 Å². The van der Waals surface area contributed by atoms with Crippen molar-refractivity contribution in [3.63, 3.8) is 0 Å². The van der Waals surface area contributed by atoms with E-state index in [0.717, 1.165) is 23.1 Å². The molecule has 3 aromatic rings. The van der Waals surface area contributed by atoms with Gasteiger partial charge in [-0.15, -0.1) is 13.2 Å². The van der Waals surface area contributed by atoms with E-state index in [1.54, 1.807) is 24.3 Å². The summed E-state index contributed by atoms with van der Waals surface area (Å²) in [4.78, 5) is 24.7. The van der Waals surface area contributed by atoms with Crippen LogP contribution in [-0.2, 0) is 28.9 Å². The first kappa shape index (κ1) is 25.5. The number of carbonyl (C=O) groups is 2. The number of esters is 1. The molecule has 180 valence electrons. The van der Waals surface area contributed by atoms with Crippen molar-refractivity contribution in [1.82, 2.24) is 5.32 Å². The second-order valence-corrected chi connectivity index (χ2v) is 8.23. The molecule has 2 N–H and O–H groups in total. The Kier molecular flexibility index (Phi) is 9.43. The maximum atomic E-state index is 12.6. The number of hydrogen-bond donors (Lipinski definition) is 2. The van der Waals surface area contributed by atoms with Crippen molar-refractivity contribution in [2.45, 2.75) is 32.1 Å². The van der Waals surface area contributed by atoms with Crippen LogP contribution in [0.4, 0.5) is 0 Å². The van der Waals surface area contributed by atoms with E-state index in [2.05, 4.69) is 18.5 Å². The summed E-state index contributed by atoms with van der Waals surface area (Å²) in [5.41, 5.74) is 4.26. The van der Waals surface area contributed by atoms with Crippen molar-refractivity contribution >= 4 is 11.9 Å². The van der Waals surface area contributed by atoms with E-state index in [9.17, 15) is 14.7 Å². The van der Waals surface area contributed by atoms with Gasteiger partial charge in [0, 0.05) is 24.1 Å². The van der Waals surface area contributed by atoms with Crippen molar-refractivity contribution in [2.24, 2.45) is 0 Å². The summed E-state index contributed by atoms with van der Waals surface area (Å²) in [6.07, 6.45) is 5.58. The van der Waals surface area contributed by atoms with E-state index in [0.29, 0.717) is 36.3 Å². The molecule has 0 heterocycles.